The van der Waals surface area contributed by atoms with Crippen molar-refractivity contribution in [3.8, 4) is 0 Å². The lowest BCUT2D eigenvalue weighted by Crippen LogP contribution is -2.25. The van der Waals surface area contributed by atoms with E-state index in [-0.39, 0.29) is 30.6 Å². The van der Waals surface area contributed by atoms with Crippen molar-refractivity contribution in [2.75, 3.05) is 40.2 Å². The van der Waals surface area contributed by atoms with Crippen molar-refractivity contribution in [1.29, 1.82) is 0 Å². The molecule has 2 aromatic carbocycles. The molecule has 0 bridgehead atoms. The minimum absolute atomic E-state index is 0.0180. The molecular formula is C23H23F3N6O3S. The number of carbonyl (C=O) groups is 1. The summed E-state index contributed by atoms with van der Waals surface area (Å²) in [7, 11) is -0.656. The van der Waals surface area contributed by atoms with Crippen LogP contribution in [0.3, 0.4) is 0 Å². The van der Waals surface area contributed by atoms with E-state index in [2.05, 4.69) is 20.6 Å². The third kappa shape index (κ3) is 5.35. The highest BCUT2D eigenvalue weighted by Crippen LogP contribution is 2.37. The number of sulfonamides is 1. The summed E-state index contributed by atoms with van der Waals surface area (Å²) in [6, 6.07) is 11.6. The van der Waals surface area contributed by atoms with E-state index in [9.17, 15) is 26.4 Å². The summed E-state index contributed by atoms with van der Waals surface area (Å²) >= 11 is 0. The minimum Gasteiger partial charge on any atom is -0.355 e. The third-order valence-corrected chi connectivity index (χ3v) is 6.87. The molecule has 13 heteroatoms. The predicted molar refractivity (Wildman–Crippen MR) is 131 cm³/mol. The van der Waals surface area contributed by atoms with Crippen molar-refractivity contribution < 1.29 is 26.4 Å². The van der Waals surface area contributed by atoms with Crippen LogP contribution in [0.4, 0.5) is 42.0 Å². The number of carbonyl (C=O) groups excluding carboxylic acids is 1. The summed E-state index contributed by atoms with van der Waals surface area (Å²) < 4.78 is 66.2. The van der Waals surface area contributed by atoms with E-state index in [1.807, 2.05) is 0 Å². The van der Waals surface area contributed by atoms with Gasteiger partial charge in [-0.2, -0.15) is 18.2 Å². The highest BCUT2D eigenvalue weighted by molar-refractivity contribution is 7.92. The second kappa shape index (κ2) is 9.30. The van der Waals surface area contributed by atoms with Crippen LogP contribution in [0.5, 0.6) is 0 Å². The number of nitrogens with one attached hydrogen (secondary N) is 2. The average molecular weight is 521 g/mol. The molecule has 2 N–H and O–H groups in total. The first kappa shape index (κ1) is 25.2. The fraction of sp³-hybridized carbons (Fsp3) is 0.261. The number of benzene rings is 2. The topological polar surface area (TPSA) is 108 Å². The fourth-order valence-electron chi connectivity index (χ4n) is 3.80. The Labute approximate surface area is 206 Å². The van der Waals surface area contributed by atoms with Gasteiger partial charge in [0.2, 0.25) is 21.9 Å². The Morgan fingerprint density at radius 1 is 1.14 bits per heavy atom. The van der Waals surface area contributed by atoms with Gasteiger partial charge >= 0.3 is 6.18 Å². The van der Waals surface area contributed by atoms with Crippen molar-refractivity contribution in [3.63, 3.8) is 0 Å². The van der Waals surface area contributed by atoms with Crippen LogP contribution in [-0.2, 0) is 34.0 Å². The number of halogens is 3. The molecule has 1 amide bonds. The monoisotopic (exact) mass is 520 g/mol. The number of hydrogen-bond acceptors (Lipinski definition) is 7. The summed E-state index contributed by atoms with van der Waals surface area (Å²) in [5, 5.41) is 5.63. The van der Waals surface area contributed by atoms with Crippen molar-refractivity contribution in [1.82, 2.24) is 9.97 Å². The molecule has 2 heterocycles. The zero-order chi connectivity index (χ0) is 26.3. The Hall–Kier alpha value is -3.87. The van der Waals surface area contributed by atoms with Crippen molar-refractivity contribution in [2.45, 2.75) is 19.1 Å². The number of amides is 1. The van der Waals surface area contributed by atoms with Crippen LogP contribution >= 0.6 is 0 Å². The van der Waals surface area contributed by atoms with Gasteiger partial charge in [-0.25, -0.2) is 13.4 Å². The lowest BCUT2D eigenvalue weighted by molar-refractivity contribution is -0.137. The van der Waals surface area contributed by atoms with Gasteiger partial charge in [-0.15, -0.1) is 0 Å². The van der Waals surface area contributed by atoms with Gasteiger partial charge in [-0.3, -0.25) is 9.10 Å². The maximum Gasteiger partial charge on any atom is 0.421 e. The normalized spacial score (nSPS) is 13.2. The molecule has 0 aliphatic carbocycles. The smallest absolute Gasteiger partial charge is 0.355 e. The number of aromatic nitrogens is 2. The molecular weight excluding hydrogens is 497 g/mol. The Bertz CT molecular complexity index is 1430. The van der Waals surface area contributed by atoms with Gasteiger partial charge in [0.05, 0.1) is 18.4 Å². The van der Waals surface area contributed by atoms with Crippen LogP contribution in [-0.4, -0.2) is 44.6 Å². The summed E-state index contributed by atoms with van der Waals surface area (Å²) in [6.07, 6.45) is -2.80. The van der Waals surface area contributed by atoms with Crippen LogP contribution in [0.15, 0.2) is 48.7 Å². The zero-order valence-corrected chi connectivity index (χ0v) is 20.4. The molecule has 0 fully saturated rings. The molecule has 1 aromatic heterocycles. The van der Waals surface area contributed by atoms with E-state index in [1.165, 1.54) is 19.0 Å². The third-order valence-electron chi connectivity index (χ3n) is 5.66. The Balaban J connectivity index is 1.65. The average Bonchev–Trinajstić information content (AvgIpc) is 3.18. The van der Waals surface area contributed by atoms with E-state index in [0.29, 0.717) is 34.4 Å². The van der Waals surface area contributed by atoms with Gasteiger partial charge in [-0.05, 0) is 29.8 Å². The van der Waals surface area contributed by atoms with E-state index in [0.717, 1.165) is 10.6 Å². The van der Waals surface area contributed by atoms with Gasteiger partial charge < -0.3 is 15.5 Å². The summed E-state index contributed by atoms with van der Waals surface area (Å²) in [6.45, 7) is 0.0180. The molecule has 0 atom stereocenters. The molecule has 0 radical (unpaired) electrons. The quantitative estimate of drug-likeness (QED) is 0.488. The van der Waals surface area contributed by atoms with Gasteiger partial charge in [0.1, 0.15) is 11.4 Å². The minimum atomic E-state index is -4.70. The van der Waals surface area contributed by atoms with Crippen LogP contribution < -0.4 is 19.8 Å². The first-order valence-corrected chi connectivity index (χ1v) is 12.5. The van der Waals surface area contributed by atoms with Crippen LogP contribution in [0.2, 0.25) is 0 Å². The number of anilines is 5. The van der Waals surface area contributed by atoms with Gasteiger partial charge in [0.15, 0.2) is 0 Å². The molecule has 36 heavy (non-hydrogen) atoms. The van der Waals surface area contributed by atoms with E-state index in [4.69, 9.17) is 0 Å². The number of rotatable bonds is 7. The van der Waals surface area contributed by atoms with Crippen molar-refractivity contribution >= 4 is 44.8 Å². The molecule has 0 saturated heterocycles. The summed E-state index contributed by atoms with van der Waals surface area (Å²) in [5.41, 5.74) is 1.74. The number of nitrogens with zero attached hydrogens (tertiary/aromatic N) is 4. The van der Waals surface area contributed by atoms with Gasteiger partial charge in [0, 0.05) is 43.8 Å². The maximum atomic E-state index is 13.8. The van der Waals surface area contributed by atoms with E-state index in [1.54, 1.807) is 42.5 Å². The molecule has 0 unspecified atom stereocenters. The van der Waals surface area contributed by atoms with Crippen LogP contribution in [0.25, 0.3) is 0 Å². The molecule has 0 spiro atoms. The van der Waals surface area contributed by atoms with Gasteiger partial charge in [-0.1, -0.05) is 18.2 Å². The lowest BCUT2D eigenvalue weighted by atomic mass is 10.1. The Kier molecular flexibility index (Phi) is 6.52. The number of alkyl halides is 3. The summed E-state index contributed by atoms with van der Waals surface area (Å²) in [4.78, 5) is 21.1. The Morgan fingerprint density at radius 2 is 1.86 bits per heavy atom. The fourth-order valence-corrected chi connectivity index (χ4v) is 4.30. The first-order valence-electron chi connectivity index (χ1n) is 10.7. The molecule has 190 valence electrons. The van der Waals surface area contributed by atoms with Crippen LogP contribution in [0.1, 0.15) is 16.7 Å². The van der Waals surface area contributed by atoms with Crippen molar-refractivity contribution in [3.05, 3.63) is 65.4 Å². The van der Waals surface area contributed by atoms with E-state index < -0.39 is 21.8 Å². The molecule has 4 rings (SSSR count). The molecule has 0 saturated carbocycles. The second-order valence-electron chi connectivity index (χ2n) is 8.37. The SMILES string of the molecule is CN(Cc1cccc(N(C)S(C)(=O)=O)c1)c1nc(Nc2cccc3c2CC(=O)N3)ncc1C(F)(F)F. The second-order valence-corrected chi connectivity index (χ2v) is 10.4. The molecule has 1 aliphatic heterocycles. The van der Waals surface area contributed by atoms with Gasteiger partial charge in [0.25, 0.3) is 0 Å². The maximum absolute atomic E-state index is 13.8. The zero-order valence-electron chi connectivity index (χ0n) is 19.6. The molecule has 9 nitrogen and oxygen atoms in total. The summed E-state index contributed by atoms with van der Waals surface area (Å²) in [5.74, 6) is -0.608. The lowest BCUT2D eigenvalue weighted by Gasteiger charge is -2.24. The largest absolute Gasteiger partial charge is 0.421 e. The van der Waals surface area contributed by atoms with E-state index >= 15 is 0 Å². The highest BCUT2D eigenvalue weighted by Gasteiger charge is 2.36. The number of fused-ring (bicyclic) bond motifs is 1. The van der Waals surface area contributed by atoms with Crippen LogP contribution in [0, 0.1) is 0 Å². The highest BCUT2D eigenvalue weighted by atomic mass is 32.2. The molecule has 3 aromatic rings. The van der Waals surface area contributed by atoms with Crippen molar-refractivity contribution in [2.24, 2.45) is 0 Å². The first-order chi connectivity index (χ1) is 16.8. The standard InChI is InChI=1S/C23H23F3N6O3S/c1-31(13-14-6-4-7-15(10-14)32(2)36(3,34)35)21-17(23(24,25)26)12-27-22(30-21)29-19-9-5-8-18-16(19)11-20(33)28-18/h4-10,12H,11,13H2,1-3H3,(H,28,33)(H,27,29,30). The Morgan fingerprint density at radius 3 is 2.56 bits per heavy atom. The number of hydrogen-bond donors (Lipinski definition) is 2. The molecule has 1 aliphatic rings. The predicted octanol–water partition coefficient (Wildman–Crippen LogP) is 3.77.